The van der Waals surface area contributed by atoms with Crippen molar-refractivity contribution in [3.05, 3.63) is 108 Å². The Bertz CT molecular complexity index is 1410. The first-order valence-corrected chi connectivity index (χ1v) is 12.5. The van der Waals surface area contributed by atoms with Gasteiger partial charge in [-0.15, -0.1) is 0 Å². The first-order chi connectivity index (χ1) is 17.9. The van der Waals surface area contributed by atoms with Gasteiger partial charge in [0.05, 0.1) is 29.7 Å². The monoisotopic (exact) mass is 514 g/mol. The third-order valence-corrected chi connectivity index (χ3v) is 6.95. The van der Waals surface area contributed by atoms with Crippen molar-refractivity contribution in [2.75, 3.05) is 11.9 Å². The van der Waals surface area contributed by atoms with Crippen LogP contribution in [-0.4, -0.2) is 37.0 Å². The van der Waals surface area contributed by atoms with Crippen LogP contribution in [0.4, 0.5) is 10.1 Å². The summed E-state index contributed by atoms with van der Waals surface area (Å²) < 4.78 is 15.4. The van der Waals surface area contributed by atoms with Crippen molar-refractivity contribution in [1.82, 2.24) is 24.8 Å². The summed E-state index contributed by atoms with van der Waals surface area (Å²) in [4.78, 5) is 23.7. The second-order valence-electron chi connectivity index (χ2n) is 9.00. The molecule has 0 aliphatic carbocycles. The number of benzene rings is 1. The van der Waals surface area contributed by atoms with Crippen molar-refractivity contribution >= 4 is 28.9 Å². The van der Waals surface area contributed by atoms with Crippen LogP contribution in [0.2, 0.25) is 0 Å². The van der Waals surface area contributed by atoms with Crippen molar-refractivity contribution in [2.24, 2.45) is 0 Å². The van der Waals surface area contributed by atoms with Gasteiger partial charge in [-0.2, -0.15) is 0 Å². The number of nitrogens with one attached hydrogen (secondary N) is 2. The zero-order valence-electron chi connectivity index (χ0n) is 20.6. The molecule has 0 bridgehead atoms. The Balaban J connectivity index is 1.45. The van der Waals surface area contributed by atoms with E-state index in [4.69, 9.17) is 12.2 Å². The third-order valence-electron chi connectivity index (χ3n) is 6.60. The van der Waals surface area contributed by atoms with Gasteiger partial charge in [-0.1, -0.05) is 6.07 Å². The molecule has 0 unspecified atom stereocenters. The molecule has 1 amide bonds. The van der Waals surface area contributed by atoms with Gasteiger partial charge in [0.25, 0.3) is 0 Å². The fraction of sp³-hybridized carbons (Fsp3) is 0.214. The zero-order valence-corrected chi connectivity index (χ0v) is 21.4. The molecule has 1 aromatic carbocycles. The number of pyridine rings is 2. The fourth-order valence-electron chi connectivity index (χ4n) is 4.93. The van der Waals surface area contributed by atoms with E-state index in [-0.39, 0.29) is 30.2 Å². The van der Waals surface area contributed by atoms with Gasteiger partial charge in [0.15, 0.2) is 5.11 Å². The number of aryl methyl sites for hydroxylation is 1. The molecule has 1 saturated heterocycles. The van der Waals surface area contributed by atoms with E-state index in [0.29, 0.717) is 17.3 Å². The number of anilines is 1. The molecule has 4 heterocycles. The molecule has 7 nitrogen and oxygen atoms in total. The Hall–Kier alpha value is -4.11. The summed E-state index contributed by atoms with van der Waals surface area (Å²) in [6.45, 7) is 4.56. The molecule has 2 atom stereocenters. The molecule has 9 heteroatoms. The molecular weight excluding hydrogens is 487 g/mol. The molecule has 1 fully saturated rings. The highest BCUT2D eigenvalue weighted by molar-refractivity contribution is 7.80. The standard InChI is InChI=1S/C28H27FN6OS/c1-18-16-23(19(2)35(18)22-6-5-13-30-17-22)27-26(24-7-3-4-14-31-24)33-28(37)34(27)15-12-25(36)32-21-10-8-20(29)9-11-21/h3-11,13-14,16-17,26-27H,12,15H2,1-2H3,(H,32,36)(H,33,37)/t26-,27+/m0/s1. The number of rotatable bonds is 7. The molecule has 188 valence electrons. The van der Waals surface area contributed by atoms with Crippen molar-refractivity contribution < 1.29 is 9.18 Å². The van der Waals surface area contributed by atoms with Crippen molar-refractivity contribution in [3.8, 4) is 5.69 Å². The summed E-state index contributed by atoms with van der Waals surface area (Å²) >= 11 is 5.76. The van der Waals surface area contributed by atoms with Gasteiger partial charge in [0, 0.05) is 42.4 Å². The predicted molar refractivity (Wildman–Crippen MR) is 145 cm³/mol. The minimum absolute atomic E-state index is 0.169. The lowest BCUT2D eigenvalue weighted by atomic mass is 9.96. The zero-order chi connectivity index (χ0) is 25.9. The molecular formula is C28H27FN6OS. The van der Waals surface area contributed by atoms with E-state index in [1.54, 1.807) is 24.5 Å². The molecule has 0 saturated carbocycles. The largest absolute Gasteiger partial charge is 0.352 e. The highest BCUT2D eigenvalue weighted by Gasteiger charge is 2.41. The Kier molecular flexibility index (Phi) is 6.96. The quantitative estimate of drug-likeness (QED) is 0.337. The summed E-state index contributed by atoms with van der Waals surface area (Å²) in [5.74, 6) is -0.519. The van der Waals surface area contributed by atoms with E-state index >= 15 is 0 Å². The molecule has 4 aromatic rings. The summed E-state index contributed by atoms with van der Waals surface area (Å²) in [6, 6.07) is 17.3. The van der Waals surface area contributed by atoms with Gasteiger partial charge in [-0.25, -0.2) is 4.39 Å². The van der Waals surface area contributed by atoms with Crippen LogP contribution in [0.25, 0.3) is 5.69 Å². The first kappa shape index (κ1) is 24.6. The number of aromatic nitrogens is 3. The molecule has 5 rings (SSSR count). The van der Waals surface area contributed by atoms with E-state index in [2.05, 4.69) is 50.0 Å². The average molecular weight is 515 g/mol. The summed E-state index contributed by atoms with van der Waals surface area (Å²) in [7, 11) is 0. The number of nitrogens with zero attached hydrogens (tertiary/aromatic N) is 4. The maximum Gasteiger partial charge on any atom is 0.226 e. The van der Waals surface area contributed by atoms with Crippen LogP contribution in [0, 0.1) is 19.7 Å². The molecule has 37 heavy (non-hydrogen) atoms. The van der Waals surface area contributed by atoms with Crippen LogP contribution < -0.4 is 10.6 Å². The van der Waals surface area contributed by atoms with Gasteiger partial charge < -0.3 is 20.1 Å². The van der Waals surface area contributed by atoms with E-state index in [1.165, 1.54) is 12.1 Å². The number of hydrogen-bond donors (Lipinski definition) is 2. The Morgan fingerprint density at radius 1 is 1.11 bits per heavy atom. The second kappa shape index (κ2) is 10.5. The molecule has 1 aliphatic rings. The molecule has 1 aliphatic heterocycles. The SMILES string of the molecule is Cc1cc([C@@H]2[C@H](c3ccccn3)NC(=S)N2CCC(=O)Nc2ccc(F)cc2)c(C)n1-c1cccnc1. The molecule has 3 aromatic heterocycles. The van der Waals surface area contributed by atoms with Crippen molar-refractivity contribution in [3.63, 3.8) is 0 Å². The Morgan fingerprint density at radius 2 is 1.92 bits per heavy atom. The Labute approximate surface area is 220 Å². The van der Waals surface area contributed by atoms with Crippen LogP contribution >= 0.6 is 12.2 Å². The van der Waals surface area contributed by atoms with Gasteiger partial charge in [0.2, 0.25) is 5.91 Å². The lowest BCUT2D eigenvalue weighted by Crippen LogP contribution is -2.32. The normalized spacial score (nSPS) is 17.1. The number of carbonyl (C=O) groups excluding carboxylic acids is 1. The summed E-state index contributed by atoms with van der Waals surface area (Å²) in [5.41, 5.74) is 5.66. The average Bonchev–Trinajstić information content (AvgIpc) is 3.39. The lowest BCUT2D eigenvalue weighted by molar-refractivity contribution is -0.116. The van der Waals surface area contributed by atoms with E-state index in [0.717, 1.165) is 28.3 Å². The van der Waals surface area contributed by atoms with Crippen LogP contribution in [0.3, 0.4) is 0 Å². The summed E-state index contributed by atoms with van der Waals surface area (Å²) in [5, 5.41) is 6.85. The third kappa shape index (κ3) is 5.08. The number of carbonyl (C=O) groups is 1. The van der Waals surface area contributed by atoms with Gasteiger partial charge in [-0.05, 0) is 86.2 Å². The number of thiocarbonyl (C=S) groups is 1. The molecule has 0 radical (unpaired) electrons. The highest BCUT2D eigenvalue weighted by atomic mass is 32.1. The van der Waals surface area contributed by atoms with E-state index in [1.807, 2.05) is 36.5 Å². The van der Waals surface area contributed by atoms with E-state index in [9.17, 15) is 9.18 Å². The van der Waals surface area contributed by atoms with E-state index < -0.39 is 0 Å². The highest BCUT2D eigenvalue weighted by Crippen LogP contribution is 2.41. The maximum absolute atomic E-state index is 13.2. The second-order valence-corrected chi connectivity index (χ2v) is 9.38. The van der Waals surface area contributed by atoms with Gasteiger partial charge in [0.1, 0.15) is 5.82 Å². The van der Waals surface area contributed by atoms with Gasteiger partial charge in [-0.3, -0.25) is 14.8 Å². The number of amides is 1. The molecule has 0 spiro atoms. The number of halogens is 1. The smallest absolute Gasteiger partial charge is 0.226 e. The fourth-order valence-corrected chi connectivity index (χ4v) is 5.27. The topological polar surface area (TPSA) is 75.1 Å². The van der Waals surface area contributed by atoms with Crippen LogP contribution in [0.15, 0.2) is 79.3 Å². The molecule has 2 N–H and O–H groups in total. The minimum Gasteiger partial charge on any atom is -0.352 e. The predicted octanol–water partition coefficient (Wildman–Crippen LogP) is 5.02. The van der Waals surface area contributed by atoms with Crippen molar-refractivity contribution in [1.29, 1.82) is 0 Å². The maximum atomic E-state index is 13.2. The number of hydrogen-bond acceptors (Lipinski definition) is 4. The first-order valence-electron chi connectivity index (χ1n) is 12.0. The van der Waals surface area contributed by atoms with Gasteiger partial charge >= 0.3 is 0 Å². The minimum atomic E-state index is -0.348. The summed E-state index contributed by atoms with van der Waals surface area (Å²) in [6.07, 6.45) is 5.59. The van der Waals surface area contributed by atoms with Crippen LogP contribution in [0.1, 0.15) is 41.1 Å². The lowest BCUT2D eigenvalue weighted by Gasteiger charge is -2.28. The van der Waals surface area contributed by atoms with Crippen LogP contribution in [-0.2, 0) is 4.79 Å². The van der Waals surface area contributed by atoms with Crippen LogP contribution in [0.5, 0.6) is 0 Å². The van der Waals surface area contributed by atoms with Crippen molar-refractivity contribution in [2.45, 2.75) is 32.4 Å². The Morgan fingerprint density at radius 3 is 2.62 bits per heavy atom.